The van der Waals surface area contributed by atoms with Crippen molar-refractivity contribution in [3.63, 3.8) is 0 Å². The van der Waals surface area contributed by atoms with Crippen LogP contribution in [0.15, 0.2) is 40.1 Å². The fourth-order valence-electron chi connectivity index (χ4n) is 8.98. The molecule has 1 saturated carbocycles. The van der Waals surface area contributed by atoms with Crippen molar-refractivity contribution in [2.24, 2.45) is 10.9 Å². The lowest BCUT2D eigenvalue weighted by Crippen LogP contribution is -2.52. The Morgan fingerprint density at radius 3 is 2.65 bits per heavy atom. The number of allylic oxidation sites excluding steroid dienone is 3. The number of benzene rings is 2. The number of likely N-dealkylation sites (tertiary alicyclic amines) is 1. The number of hydrogen-bond acceptors (Lipinski definition) is 12. The van der Waals surface area contributed by atoms with Crippen molar-refractivity contribution in [2.45, 2.75) is 83.0 Å². The third kappa shape index (κ3) is 6.78. The first kappa shape index (κ1) is 37.9. The van der Waals surface area contributed by atoms with Crippen LogP contribution in [0.25, 0.3) is 11.6 Å². The summed E-state index contributed by atoms with van der Waals surface area (Å²) in [4.78, 5) is 47.0. The van der Waals surface area contributed by atoms with Gasteiger partial charge in [-0.1, -0.05) is 17.7 Å². The zero-order valence-electron chi connectivity index (χ0n) is 31.6. The maximum atomic E-state index is 13.5. The summed E-state index contributed by atoms with van der Waals surface area (Å²) in [5.41, 5.74) is 2.16. The molecule has 1 saturated heterocycles. The standard InChI is InChI=1S/C42H50N2O10/c1-5-52-41(48)40-30(22-45)35(26-8-10-33(47)28(20-26)24-7-9-32-25(19-24)11-14-43-32)36-38(51-4)29-21-34(53-37(29)31(23-46)39(36)54-40)42(2,49)27-12-16-44(17-13-27)15-6-18-50-3/h7,9,11,19,22,27-28,34,46,49H,5-6,8,10,12-18,20-21,23H2,1-4H3. The van der Waals surface area contributed by atoms with Crippen LogP contribution >= 0.6 is 0 Å². The molecule has 0 bridgehead atoms. The fraction of sp³-hybridized carbons (Fsp3) is 0.524. The lowest BCUT2D eigenvalue weighted by Gasteiger charge is -2.42. The molecule has 54 heavy (non-hydrogen) atoms. The largest absolute Gasteiger partial charge is 0.496 e. The molecule has 7 rings (SSSR count). The second kappa shape index (κ2) is 15.8. The van der Waals surface area contributed by atoms with Gasteiger partial charge in [0.15, 0.2) is 6.29 Å². The number of aldehydes is 1. The summed E-state index contributed by atoms with van der Waals surface area (Å²) in [5.74, 6) is -0.760. The lowest BCUT2D eigenvalue weighted by atomic mass is 9.75. The Balaban J connectivity index is 1.31. The number of rotatable bonds is 12. The molecule has 3 unspecified atom stereocenters. The molecule has 1 aliphatic carbocycles. The molecule has 2 aromatic rings. The molecule has 12 nitrogen and oxygen atoms in total. The van der Waals surface area contributed by atoms with Crippen molar-refractivity contribution in [3.05, 3.63) is 67.9 Å². The van der Waals surface area contributed by atoms with E-state index < -0.39 is 30.2 Å². The van der Waals surface area contributed by atoms with Gasteiger partial charge in [-0.25, -0.2) is 4.79 Å². The summed E-state index contributed by atoms with van der Waals surface area (Å²) in [6, 6.07) is 5.87. The van der Waals surface area contributed by atoms with Crippen LogP contribution in [0.2, 0.25) is 0 Å². The molecule has 0 radical (unpaired) electrons. The molecule has 2 aromatic carbocycles. The third-order valence-corrected chi connectivity index (χ3v) is 11.9. The van der Waals surface area contributed by atoms with Crippen molar-refractivity contribution >= 4 is 29.7 Å². The molecule has 12 heteroatoms. The number of carbonyl (C=O) groups excluding carboxylic acids is 3. The summed E-state index contributed by atoms with van der Waals surface area (Å²) in [5, 5.41) is 25.0. The Morgan fingerprint density at radius 1 is 1.15 bits per heavy atom. The minimum absolute atomic E-state index is 0.00741. The van der Waals surface area contributed by atoms with Crippen molar-refractivity contribution in [1.29, 1.82) is 0 Å². The van der Waals surface area contributed by atoms with E-state index >= 15 is 0 Å². The molecular weight excluding hydrogens is 692 g/mol. The quantitative estimate of drug-likeness (QED) is 0.188. The molecule has 288 valence electrons. The second-order valence-electron chi connectivity index (χ2n) is 14.9. The Bertz CT molecular complexity index is 2020. The topological polar surface area (TPSA) is 153 Å². The van der Waals surface area contributed by atoms with Gasteiger partial charge in [-0.05, 0) is 87.9 Å². The number of piperidine rings is 1. The first-order valence-electron chi connectivity index (χ1n) is 19.1. The zero-order valence-corrected chi connectivity index (χ0v) is 31.6. The lowest BCUT2D eigenvalue weighted by molar-refractivity contribution is -0.141. The minimum Gasteiger partial charge on any atom is -0.496 e. The maximum absolute atomic E-state index is 13.5. The number of ether oxygens (including phenoxy) is 5. The van der Waals surface area contributed by atoms with E-state index in [1.807, 2.05) is 31.2 Å². The SMILES string of the molecule is CCOC(=O)C1=C(C=O)C(=C2CCC(=O)C(c3ccc4c(c3)=CCN=4)C2)c2c(OC)c3c(c(CO)c2O1)OC(C(C)(O)C1CCN(CCCOC)CC1)C3. The highest BCUT2D eigenvalue weighted by molar-refractivity contribution is 6.11. The van der Waals surface area contributed by atoms with Crippen LogP contribution in [-0.2, 0) is 36.9 Å². The Kier molecular flexibility index (Phi) is 11.1. The van der Waals surface area contributed by atoms with Crippen LogP contribution in [0.5, 0.6) is 17.2 Å². The summed E-state index contributed by atoms with van der Waals surface area (Å²) >= 11 is 0. The smallest absolute Gasteiger partial charge is 0.375 e. The van der Waals surface area contributed by atoms with E-state index in [9.17, 15) is 24.6 Å². The van der Waals surface area contributed by atoms with Gasteiger partial charge in [0.25, 0.3) is 0 Å². The van der Waals surface area contributed by atoms with E-state index in [4.69, 9.17) is 23.7 Å². The number of aliphatic hydroxyl groups excluding tert-OH is 1. The summed E-state index contributed by atoms with van der Waals surface area (Å²) in [6.07, 6.45) is 5.64. The summed E-state index contributed by atoms with van der Waals surface area (Å²) < 4.78 is 29.6. The highest BCUT2D eigenvalue weighted by atomic mass is 16.6. The molecule has 4 aliphatic heterocycles. The van der Waals surface area contributed by atoms with Crippen molar-refractivity contribution in [2.75, 3.05) is 53.6 Å². The van der Waals surface area contributed by atoms with E-state index in [1.54, 1.807) is 14.0 Å². The van der Waals surface area contributed by atoms with Crippen LogP contribution in [0.4, 0.5) is 0 Å². The van der Waals surface area contributed by atoms with Gasteiger partial charge in [-0.15, -0.1) is 0 Å². The molecule has 5 aliphatic rings. The molecule has 4 heterocycles. The number of carbonyl (C=O) groups is 3. The van der Waals surface area contributed by atoms with Crippen LogP contribution in [-0.4, -0.2) is 98.5 Å². The van der Waals surface area contributed by atoms with E-state index in [2.05, 4.69) is 9.89 Å². The minimum atomic E-state index is -1.22. The number of fused-ring (bicyclic) bond motifs is 3. The van der Waals surface area contributed by atoms with Crippen LogP contribution in [0.3, 0.4) is 0 Å². The predicted molar refractivity (Wildman–Crippen MR) is 199 cm³/mol. The van der Waals surface area contributed by atoms with Crippen LogP contribution in [0.1, 0.15) is 80.5 Å². The van der Waals surface area contributed by atoms with Gasteiger partial charge < -0.3 is 38.8 Å². The van der Waals surface area contributed by atoms with Gasteiger partial charge in [0.1, 0.15) is 34.7 Å². The molecule has 0 aromatic heterocycles. The Morgan fingerprint density at radius 2 is 1.94 bits per heavy atom. The number of ketones is 1. The van der Waals surface area contributed by atoms with E-state index in [0.29, 0.717) is 60.5 Å². The number of esters is 1. The van der Waals surface area contributed by atoms with Crippen LogP contribution < -0.4 is 24.8 Å². The van der Waals surface area contributed by atoms with E-state index in [-0.39, 0.29) is 53.8 Å². The third-order valence-electron chi connectivity index (χ3n) is 11.9. The number of hydrogen-bond donors (Lipinski definition) is 2. The highest BCUT2D eigenvalue weighted by Crippen LogP contribution is 2.56. The zero-order chi connectivity index (χ0) is 38.1. The van der Waals surface area contributed by atoms with Crippen LogP contribution in [0, 0.1) is 5.92 Å². The average Bonchev–Trinajstić information content (AvgIpc) is 3.85. The average molecular weight is 743 g/mol. The first-order valence-corrected chi connectivity index (χ1v) is 19.1. The number of nitrogens with zero attached hydrogens (tertiary/aromatic N) is 2. The first-order chi connectivity index (χ1) is 26.1. The van der Waals surface area contributed by atoms with Gasteiger partial charge >= 0.3 is 5.97 Å². The van der Waals surface area contributed by atoms with Gasteiger partial charge in [0, 0.05) is 50.2 Å². The Labute approximate surface area is 315 Å². The van der Waals surface area contributed by atoms with E-state index in [1.165, 1.54) is 7.11 Å². The summed E-state index contributed by atoms with van der Waals surface area (Å²) in [7, 11) is 3.23. The molecule has 2 N–H and O–H groups in total. The second-order valence-corrected chi connectivity index (χ2v) is 14.9. The maximum Gasteiger partial charge on any atom is 0.375 e. The molecule has 0 spiro atoms. The predicted octanol–water partition coefficient (Wildman–Crippen LogP) is 3.10. The molecule has 3 atom stereocenters. The summed E-state index contributed by atoms with van der Waals surface area (Å²) in [6.45, 7) is 6.96. The van der Waals surface area contributed by atoms with Crippen molar-refractivity contribution in [1.82, 2.24) is 4.90 Å². The monoisotopic (exact) mass is 742 g/mol. The van der Waals surface area contributed by atoms with Gasteiger partial charge in [-0.3, -0.25) is 14.6 Å². The fourth-order valence-corrected chi connectivity index (χ4v) is 8.98. The number of Topliss-reactive ketones (excluding diaryl/α,β-unsaturated/α-hetero) is 1. The molecule has 0 amide bonds. The number of methoxy groups -OCH3 is 2. The van der Waals surface area contributed by atoms with Crippen molar-refractivity contribution < 1.29 is 48.3 Å². The molecular formula is C42H50N2O10. The van der Waals surface area contributed by atoms with E-state index in [0.717, 1.165) is 60.6 Å². The van der Waals surface area contributed by atoms with Gasteiger partial charge in [0.2, 0.25) is 5.76 Å². The number of aliphatic hydroxyl groups is 2. The molecule has 2 fully saturated rings. The Hall–Kier alpha value is -4.36. The van der Waals surface area contributed by atoms with Gasteiger partial charge in [-0.2, -0.15) is 0 Å². The normalized spacial score (nSPS) is 23.6. The highest BCUT2D eigenvalue weighted by Gasteiger charge is 2.49. The van der Waals surface area contributed by atoms with Gasteiger partial charge in [0.05, 0.1) is 48.9 Å². The van der Waals surface area contributed by atoms with Crippen molar-refractivity contribution in [3.8, 4) is 17.2 Å².